The number of nitrogen functional groups attached to an aromatic ring is 1. The fourth-order valence-electron chi connectivity index (χ4n) is 2.72. The van der Waals surface area contributed by atoms with Crippen LogP contribution in [0.3, 0.4) is 0 Å². The second-order valence-electron chi connectivity index (χ2n) is 5.62. The molecule has 2 unspecified atom stereocenters. The molecule has 0 spiro atoms. The molecule has 2 atom stereocenters. The SMILES string of the molecule is CCCn1cc(S(=O)(=O)N2CCCC(C)C2C)c(N)n1. The highest BCUT2D eigenvalue weighted by molar-refractivity contribution is 7.89. The minimum atomic E-state index is -3.55. The van der Waals surface area contributed by atoms with Crippen LogP contribution in [0.5, 0.6) is 0 Å². The Kier molecular flexibility index (Phi) is 4.39. The van der Waals surface area contributed by atoms with Crippen LogP contribution >= 0.6 is 0 Å². The average molecular weight is 300 g/mol. The highest BCUT2D eigenvalue weighted by Gasteiger charge is 2.36. The Labute approximate surface area is 121 Å². The van der Waals surface area contributed by atoms with E-state index in [9.17, 15) is 8.42 Å². The molecule has 1 aliphatic rings. The van der Waals surface area contributed by atoms with Crippen LogP contribution in [0.25, 0.3) is 0 Å². The van der Waals surface area contributed by atoms with Gasteiger partial charge in [0.15, 0.2) is 5.82 Å². The van der Waals surface area contributed by atoms with Crippen molar-refractivity contribution in [3.05, 3.63) is 6.20 Å². The maximum atomic E-state index is 12.8. The summed E-state index contributed by atoms with van der Waals surface area (Å²) in [5, 5.41) is 4.09. The maximum Gasteiger partial charge on any atom is 0.248 e. The molecule has 1 aromatic heterocycles. The van der Waals surface area contributed by atoms with E-state index >= 15 is 0 Å². The molecular weight excluding hydrogens is 276 g/mol. The van der Waals surface area contributed by atoms with Gasteiger partial charge >= 0.3 is 0 Å². The largest absolute Gasteiger partial charge is 0.381 e. The molecule has 1 aliphatic heterocycles. The molecule has 2 rings (SSSR count). The van der Waals surface area contributed by atoms with E-state index in [0.29, 0.717) is 19.0 Å². The lowest BCUT2D eigenvalue weighted by molar-refractivity contribution is 0.202. The van der Waals surface area contributed by atoms with Gasteiger partial charge in [0.2, 0.25) is 10.0 Å². The fraction of sp³-hybridized carbons (Fsp3) is 0.769. The first kappa shape index (κ1) is 15.3. The van der Waals surface area contributed by atoms with Crippen molar-refractivity contribution < 1.29 is 8.42 Å². The fourth-order valence-corrected chi connectivity index (χ4v) is 4.55. The second kappa shape index (κ2) is 5.73. The zero-order chi connectivity index (χ0) is 14.9. The van der Waals surface area contributed by atoms with Crippen LogP contribution in [0.1, 0.15) is 40.0 Å². The van der Waals surface area contributed by atoms with E-state index in [4.69, 9.17) is 5.73 Å². The number of piperidine rings is 1. The minimum Gasteiger partial charge on any atom is -0.381 e. The van der Waals surface area contributed by atoms with Crippen molar-refractivity contribution in [3.63, 3.8) is 0 Å². The summed E-state index contributed by atoms with van der Waals surface area (Å²) in [5.41, 5.74) is 5.81. The molecule has 1 aromatic rings. The molecule has 0 amide bonds. The first-order chi connectivity index (χ1) is 9.37. The molecule has 0 saturated carbocycles. The molecule has 0 aromatic carbocycles. The molecule has 2 heterocycles. The summed E-state index contributed by atoms with van der Waals surface area (Å²) < 4.78 is 28.7. The van der Waals surface area contributed by atoms with Gasteiger partial charge in [0.1, 0.15) is 4.90 Å². The summed E-state index contributed by atoms with van der Waals surface area (Å²) in [6.07, 6.45) is 4.41. The number of hydrogen-bond donors (Lipinski definition) is 1. The van der Waals surface area contributed by atoms with Crippen molar-refractivity contribution in [2.75, 3.05) is 12.3 Å². The summed E-state index contributed by atoms with van der Waals surface area (Å²) in [6.45, 7) is 7.31. The number of sulfonamides is 1. The Hall–Kier alpha value is -1.08. The molecule has 1 saturated heterocycles. The van der Waals surface area contributed by atoms with E-state index in [2.05, 4.69) is 12.0 Å². The highest BCUT2D eigenvalue weighted by atomic mass is 32.2. The van der Waals surface area contributed by atoms with Crippen molar-refractivity contribution in [2.45, 2.75) is 57.5 Å². The number of rotatable bonds is 4. The molecule has 0 bridgehead atoms. The first-order valence-corrected chi connectivity index (χ1v) is 8.66. The van der Waals surface area contributed by atoms with Gasteiger partial charge in [0, 0.05) is 25.3 Å². The van der Waals surface area contributed by atoms with Crippen LogP contribution in [0, 0.1) is 5.92 Å². The van der Waals surface area contributed by atoms with Gasteiger partial charge in [-0.15, -0.1) is 0 Å². The van der Waals surface area contributed by atoms with Gasteiger partial charge in [0.25, 0.3) is 0 Å². The molecule has 0 radical (unpaired) electrons. The van der Waals surface area contributed by atoms with Crippen LogP contribution < -0.4 is 5.73 Å². The van der Waals surface area contributed by atoms with Gasteiger partial charge < -0.3 is 5.73 Å². The average Bonchev–Trinajstić information content (AvgIpc) is 2.75. The number of aromatic nitrogens is 2. The molecule has 6 nitrogen and oxygen atoms in total. The first-order valence-electron chi connectivity index (χ1n) is 7.22. The summed E-state index contributed by atoms with van der Waals surface area (Å²) in [6, 6.07) is 0.00248. The molecular formula is C13H24N4O2S. The predicted molar refractivity (Wildman–Crippen MR) is 78.7 cm³/mol. The zero-order valence-electron chi connectivity index (χ0n) is 12.4. The van der Waals surface area contributed by atoms with E-state index in [1.54, 1.807) is 15.2 Å². The van der Waals surface area contributed by atoms with Crippen molar-refractivity contribution in [1.29, 1.82) is 0 Å². The number of nitrogens with zero attached hydrogens (tertiary/aromatic N) is 3. The third-order valence-corrected chi connectivity index (χ3v) is 6.11. The van der Waals surface area contributed by atoms with Crippen molar-refractivity contribution in [2.24, 2.45) is 5.92 Å². The molecule has 7 heteroatoms. The summed E-state index contributed by atoms with van der Waals surface area (Å²) in [4.78, 5) is 0.145. The lowest BCUT2D eigenvalue weighted by atomic mass is 9.94. The van der Waals surface area contributed by atoms with Gasteiger partial charge in [-0.25, -0.2) is 8.42 Å². The lowest BCUT2D eigenvalue weighted by Gasteiger charge is -2.36. The van der Waals surface area contributed by atoms with Gasteiger partial charge in [-0.3, -0.25) is 4.68 Å². The monoisotopic (exact) mass is 300 g/mol. The van der Waals surface area contributed by atoms with Crippen molar-refractivity contribution >= 4 is 15.8 Å². The summed E-state index contributed by atoms with van der Waals surface area (Å²) >= 11 is 0. The normalized spacial score (nSPS) is 24.9. The number of anilines is 1. The smallest absolute Gasteiger partial charge is 0.248 e. The van der Waals surface area contributed by atoms with Gasteiger partial charge in [-0.2, -0.15) is 9.40 Å². The van der Waals surface area contributed by atoms with Gasteiger partial charge in [-0.05, 0) is 32.1 Å². The van der Waals surface area contributed by atoms with Crippen LogP contribution in [0.2, 0.25) is 0 Å². The third-order valence-electron chi connectivity index (χ3n) is 4.11. The number of aryl methyl sites for hydroxylation is 1. The zero-order valence-corrected chi connectivity index (χ0v) is 13.2. The molecule has 1 fully saturated rings. The van der Waals surface area contributed by atoms with Crippen molar-refractivity contribution in [3.8, 4) is 0 Å². The highest BCUT2D eigenvalue weighted by Crippen LogP contribution is 2.30. The predicted octanol–water partition coefficient (Wildman–Crippen LogP) is 1.68. The van der Waals surface area contributed by atoms with Crippen LogP contribution in [0.15, 0.2) is 11.1 Å². The van der Waals surface area contributed by atoms with E-state index in [-0.39, 0.29) is 16.8 Å². The Balaban J connectivity index is 2.34. The Bertz CT molecular complexity index is 567. The van der Waals surface area contributed by atoms with Gasteiger partial charge in [0.05, 0.1) is 0 Å². The molecule has 0 aliphatic carbocycles. The maximum absolute atomic E-state index is 12.8. The van der Waals surface area contributed by atoms with E-state index in [0.717, 1.165) is 19.3 Å². The lowest BCUT2D eigenvalue weighted by Crippen LogP contribution is -2.45. The Morgan fingerprint density at radius 1 is 1.45 bits per heavy atom. The molecule has 2 N–H and O–H groups in total. The Morgan fingerprint density at radius 2 is 2.15 bits per heavy atom. The molecule has 114 valence electrons. The second-order valence-corrected chi connectivity index (χ2v) is 7.48. The summed E-state index contributed by atoms with van der Waals surface area (Å²) in [7, 11) is -3.55. The summed E-state index contributed by atoms with van der Waals surface area (Å²) in [5.74, 6) is 0.467. The minimum absolute atomic E-state index is 0.00248. The van der Waals surface area contributed by atoms with E-state index in [1.165, 1.54) is 0 Å². The Morgan fingerprint density at radius 3 is 2.80 bits per heavy atom. The van der Waals surface area contributed by atoms with E-state index < -0.39 is 10.0 Å². The number of nitrogens with two attached hydrogens (primary N) is 1. The van der Waals surface area contributed by atoms with Crippen LogP contribution in [0.4, 0.5) is 5.82 Å². The quantitative estimate of drug-likeness (QED) is 0.917. The topological polar surface area (TPSA) is 81.2 Å². The van der Waals surface area contributed by atoms with Gasteiger partial charge in [-0.1, -0.05) is 13.8 Å². The molecule has 20 heavy (non-hydrogen) atoms. The van der Waals surface area contributed by atoms with Crippen LogP contribution in [-0.4, -0.2) is 35.1 Å². The van der Waals surface area contributed by atoms with Crippen molar-refractivity contribution in [1.82, 2.24) is 14.1 Å². The standard InChI is InChI=1S/C13H24N4O2S/c1-4-7-16-9-12(13(14)15-16)20(18,19)17-8-5-6-10(2)11(17)3/h9-11H,4-8H2,1-3H3,(H2,14,15). The van der Waals surface area contributed by atoms with Crippen LogP contribution in [-0.2, 0) is 16.6 Å². The number of hydrogen-bond acceptors (Lipinski definition) is 4. The third kappa shape index (κ3) is 2.69. The van der Waals surface area contributed by atoms with E-state index in [1.807, 2.05) is 13.8 Å².